The minimum atomic E-state index is -0.214. The molecule has 4 nitrogen and oxygen atoms in total. The molecule has 0 amide bonds. The summed E-state index contributed by atoms with van der Waals surface area (Å²) in [5.74, 6) is -0.214. The fourth-order valence-corrected chi connectivity index (χ4v) is 2.71. The molecule has 2 fully saturated rings. The third-order valence-electron chi connectivity index (χ3n) is 3.84. The Labute approximate surface area is 107 Å². The zero-order valence-corrected chi connectivity index (χ0v) is 10.4. The van der Waals surface area contributed by atoms with E-state index in [9.17, 15) is 4.39 Å². The third kappa shape index (κ3) is 2.15. The van der Waals surface area contributed by atoms with Crippen molar-refractivity contribution in [2.45, 2.75) is 6.04 Å². The average molecular weight is 250 g/mol. The van der Waals surface area contributed by atoms with Crippen molar-refractivity contribution < 1.29 is 4.39 Å². The van der Waals surface area contributed by atoms with Crippen molar-refractivity contribution in [1.29, 1.82) is 0 Å². The zero-order chi connectivity index (χ0) is 12.5. The van der Waals surface area contributed by atoms with Crippen molar-refractivity contribution in [3.05, 3.63) is 24.0 Å². The average Bonchev–Trinajstić information content (AvgIpc) is 2.31. The van der Waals surface area contributed by atoms with Crippen LogP contribution < -0.4 is 16.0 Å². The summed E-state index contributed by atoms with van der Waals surface area (Å²) in [5.41, 5.74) is 6.72. The molecule has 5 heteroatoms. The highest BCUT2D eigenvalue weighted by Crippen LogP contribution is 2.27. The summed E-state index contributed by atoms with van der Waals surface area (Å²) in [5, 5.41) is 3.35. The minimum Gasteiger partial charge on any atom is -0.399 e. The summed E-state index contributed by atoms with van der Waals surface area (Å²) in [4.78, 5) is 4.57. The molecule has 0 aromatic heterocycles. The molecule has 2 aliphatic rings. The number of hydrogen-bond donors (Lipinski definition) is 2. The van der Waals surface area contributed by atoms with E-state index in [2.05, 4.69) is 15.1 Å². The largest absolute Gasteiger partial charge is 0.399 e. The van der Waals surface area contributed by atoms with Crippen LogP contribution in [0.3, 0.4) is 0 Å². The maximum absolute atomic E-state index is 13.7. The summed E-state index contributed by atoms with van der Waals surface area (Å²) in [6.07, 6.45) is 0. The molecule has 2 heterocycles. The van der Waals surface area contributed by atoms with Crippen molar-refractivity contribution in [3.63, 3.8) is 0 Å². The molecule has 3 N–H and O–H groups in total. The Balaban J connectivity index is 1.61. The highest BCUT2D eigenvalue weighted by molar-refractivity contribution is 5.56. The fourth-order valence-electron chi connectivity index (χ4n) is 2.71. The molecule has 0 saturated carbocycles. The molecule has 0 atom stereocenters. The smallest absolute Gasteiger partial charge is 0.148 e. The van der Waals surface area contributed by atoms with Gasteiger partial charge in [-0.3, -0.25) is 4.90 Å². The number of nitrogens with zero attached hydrogens (tertiary/aromatic N) is 2. The monoisotopic (exact) mass is 250 g/mol. The molecule has 0 bridgehead atoms. The first kappa shape index (κ1) is 11.7. The van der Waals surface area contributed by atoms with Crippen molar-refractivity contribution in [2.24, 2.45) is 0 Å². The Morgan fingerprint density at radius 3 is 2.61 bits per heavy atom. The standard InChI is InChI=1S/C13H19FN4/c14-12-7-10(15)1-2-13(12)18-8-11(9-18)17-5-3-16-4-6-17/h1-2,7,11,16H,3-6,8-9,15H2. The summed E-state index contributed by atoms with van der Waals surface area (Å²) >= 11 is 0. The van der Waals surface area contributed by atoms with Gasteiger partial charge in [0.25, 0.3) is 0 Å². The Morgan fingerprint density at radius 1 is 1.22 bits per heavy atom. The summed E-state index contributed by atoms with van der Waals surface area (Å²) in [6, 6.07) is 5.51. The number of hydrogen-bond acceptors (Lipinski definition) is 4. The number of anilines is 2. The quantitative estimate of drug-likeness (QED) is 0.750. The predicted octanol–water partition coefficient (Wildman–Crippen LogP) is 0.502. The number of rotatable bonds is 2. The van der Waals surface area contributed by atoms with Crippen LogP contribution in [0.1, 0.15) is 0 Å². The second-order valence-electron chi connectivity index (χ2n) is 5.06. The van der Waals surface area contributed by atoms with E-state index in [-0.39, 0.29) is 5.82 Å². The molecular weight excluding hydrogens is 231 g/mol. The molecule has 98 valence electrons. The minimum absolute atomic E-state index is 0.214. The van der Waals surface area contributed by atoms with Crippen LogP contribution in [0.4, 0.5) is 15.8 Å². The highest BCUT2D eigenvalue weighted by Gasteiger charge is 2.33. The Kier molecular flexibility index (Phi) is 3.09. The van der Waals surface area contributed by atoms with E-state index in [1.807, 2.05) is 0 Å². The van der Waals surface area contributed by atoms with Gasteiger partial charge < -0.3 is 16.0 Å². The van der Waals surface area contributed by atoms with Crippen molar-refractivity contribution in [3.8, 4) is 0 Å². The number of benzene rings is 1. The maximum atomic E-state index is 13.7. The topological polar surface area (TPSA) is 44.5 Å². The predicted molar refractivity (Wildman–Crippen MR) is 71.3 cm³/mol. The van der Waals surface area contributed by atoms with Crippen LogP contribution in [0.25, 0.3) is 0 Å². The van der Waals surface area contributed by atoms with Crippen LogP contribution in [0.15, 0.2) is 18.2 Å². The SMILES string of the molecule is Nc1ccc(N2CC(N3CCNCC3)C2)c(F)c1. The number of nitrogens with one attached hydrogen (secondary N) is 1. The fraction of sp³-hybridized carbons (Fsp3) is 0.538. The number of nitrogens with two attached hydrogens (primary N) is 1. The lowest BCUT2D eigenvalue weighted by atomic mass is 10.0. The molecule has 2 saturated heterocycles. The van der Waals surface area contributed by atoms with Gasteiger partial charge >= 0.3 is 0 Å². The van der Waals surface area contributed by atoms with Gasteiger partial charge in [-0.2, -0.15) is 0 Å². The Hall–Kier alpha value is -1.33. The third-order valence-corrected chi connectivity index (χ3v) is 3.84. The van der Waals surface area contributed by atoms with Crippen LogP contribution in [-0.2, 0) is 0 Å². The molecule has 0 radical (unpaired) electrons. The zero-order valence-electron chi connectivity index (χ0n) is 10.4. The lowest BCUT2D eigenvalue weighted by molar-refractivity contribution is 0.147. The molecule has 1 aromatic rings. The lowest BCUT2D eigenvalue weighted by Crippen LogP contribution is -2.63. The number of nitrogen functional groups attached to an aromatic ring is 1. The van der Waals surface area contributed by atoms with Gasteiger partial charge in [-0.05, 0) is 18.2 Å². The van der Waals surface area contributed by atoms with E-state index in [1.54, 1.807) is 12.1 Å². The lowest BCUT2D eigenvalue weighted by Gasteiger charge is -2.48. The molecule has 2 aliphatic heterocycles. The number of piperazine rings is 1. The van der Waals surface area contributed by atoms with Crippen molar-refractivity contribution >= 4 is 11.4 Å². The van der Waals surface area contributed by atoms with E-state index in [1.165, 1.54) is 6.07 Å². The van der Waals surface area contributed by atoms with E-state index in [4.69, 9.17) is 5.73 Å². The summed E-state index contributed by atoms with van der Waals surface area (Å²) in [6.45, 7) is 6.16. The van der Waals surface area contributed by atoms with Gasteiger partial charge in [-0.1, -0.05) is 0 Å². The molecule has 3 rings (SSSR count). The molecule has 0 unspecified atom stereocenters. The van der Waals surface area contributed by atoms with Crippen LogP contribution in [0.5, 0.6) is 0 Å². The van der Waals surface area contributed by atoms with E-state index in [0.29, 0.717) is 17.4 Å². The van der Waals surface area contributed by atoms with Crippen LogP contribution in [0, 0.1) is 5.82 Å². The van der Waals surface area contributed by atoms with Gasteiger partial charge in [0.1, 0.15) is 5.82 Å². The first-order valence-corrected chi connectivity index (χ1v) is 6.49. The van der Waals surface area contributed by atoms with Gasteiger partial charge in [-0.25, -0.2) is 4.39 Å². The summed E-state index contributed by atoms with van der Waals surface area (Å²) in [7, 11) is 0. The second-order valence-corrected chi connectivity index (χ2v) is 5.06. The maximum Gasteiger partial charge on any atom is 0.148 e. The Bertz CT molecular complexity index is 425. The molecule has 1 aromatic carbocycles. The van der Waals surface area contributed by atoms with Gasteiger partial charge in [0.15, 0.2) is 0 Å². The van der Waals surface area contributed by atoms with Gasteiger partial charge in [0.2, 0.25) is 0 Å². The molecule has 0 aliphatic carbocycles. The van der Waals surface area contributed by atoms with E-state index < -0.39 is 0 Å². The van der Waals surface area contributed by atoms with Crippen molar-refractivity contribution in [2.75, 3.05) is 49.9 Å². The number of halogens is 1. The van der Waals surface area contributed by atoms with Crippen molar-refractivity contribution in [1.82, 2.24) is 10.2 Å². The van der Waals surface area contributed by atoms with Gasteiger partial charge in [0, 0.05) is 51.0 Å². The second kappa shape index (κ2) is 4.74. The summed E-state index contributed by atoms with van der Waals surface area (Å²) < 4.78 is 13.7. The van der Waals surface area contributed by atoms with Crippen LogP contribution >= 0.6 is 0 Å². The first-order chi connectivity index (χ1) is 8.74. The molecule has 0 spiro atoms. The van der Waals surface area contributed by atoms with E-state index >= 15 is 0 Å². The Morgan fingerprint density at radius 2 is 1.94 bits per heavy atom. The van der Waals surface area contributed by atoms with Crippen LogP contribution in [-0.4, -0.2) is 50.2 Å². The first-order valence-electron chi connectivity index (χ1n) is 6.49. The van der Waals surface area contributed by atoms with Gasteiger partial charge in [0.05, 0.1) is 5.69 Å². The normalized spacial score (nSPS) is 21.9. The highest BCUT2D eigenvalue weighted by atomic mass is 19.1. The molecular formula is C13H19FN4. The van der Waals surface area contributed by atoms with E-state index in [0.717, 1.165) is 39.3 Å². The van der Waals surface area contributed by atoms with Crippen LogP contribution in [0.2, 0.25) is 0 Å². The molecule has 18 heavy (non-hydrogen) atoms. The van der Waals surface area contributed by atoms with Gasteiger partial charge in [-0.15, -0.1) is 0 Å².